The van der Waals surface area contributed by atoms with Crippen molar-refractivity contribution in [3.63, 3.8) is 0 Å². The van der Waals surface area contributed by atoms with Gasteiger partial charge in [0.1, 0.15) is 29.2 Å². The van der Waals surface area contributed by atoms with E-state index in [4.69, 9.17) is 4.74 Å². The van der Waals surface area contributed by atoms with Crippen LogP contribution < -0.4 is 25.4 Å². The molecule has 38 heavy (non-hydrogen) atoms. The predicted molar refractivity (Wildman–Crippen MR) is 140 cm³/mol. The Morgan fingerprint density at radius 3 is 2.39 bits per heavy atom. The van der Waals surface area contributed by atoms with Gasteiger partial charge in [0.25, 0.3) is 5.91 Å². The Kier molecular flexibility index (Phi) is 9.80. The molecule has 4 N–H and O–H groups in total. The van der Waals surface area contributed by atoms with Crippen LogP contribution in [0, 0.1) is 11.7 Å². The van der Waals surface area contributed by atoms with Crippen LogP contribution in [-0.2, 0) is 14.8 Å². The summed E-state index contributed by atoms with van der Waals surface area (Å²) in [5, 5.41) is 8.74. The van der Waals surface area contributed by atoms with Crippen LogP contribution in [0.2, 0.25) is 0 Å². The summed E-state index contributed by atoms with van der Waals surface area (Å²) in [5.41, 5.74) is -0.849. The van der Waals surface area contributed by atoms with Crippen LogP contribution in [0.15, 0.2) is 47.4 Å². The third-order valence-corrected chi connectivity index (χ3v) is 7.96. The molecule has 0 saturated carbocycles. The number of amides is 2. The van der Waals surface area contributed by atoms with E-state index in [0.717, 1.165) is 25.9 Å². The molecule has 0 spiro atoms. The van der Waals surface area contributed by atoms with Crippen molar-refractivity contribution in [1.29, 1.82) is 0 Å². The zero-order valence-electron chi connectivity index (χ0n) is 21.6. The summed E-state index contributed by atoms with van der Waals surface area (Å²) in [6.07, 6.45) is 2.09. The van der Waals surface area contributed by atoms with Gasteiger partial charge in [0.05, 0.1) is 12.6 Å². The number of hydrogen-bond acceptors (Lipinski definition) is 6. The van der Waals surface area contributed by atoms with E-state index in [9.17, 15) is 26.8 Å². The Bertz CT molecular complexity index is 1230. The molecule has 0 bridgehead atoms. The van der Waals surface area contributed by atoms with Gasteiger partial charge in [-0.2, -0.15) is 0 Å². The molecule has 2 amide bonds. The second-order valence-electron chi connectivity index (χ2n) is 9.94. The monoisotopic (exact) mass is 552 g/mol. The fourth-order valence-electron chi connectivity index (χ4n) is 4.17. The first kappa shape index (κ1) is 29.5. The normalized spacial score (nSPS) is 15.5. The van der Waals surface area contributed by atoms with Gasteiger partial charge in [0.2, 0.25) is 15.9 Å². The highest BCUT2D eigenvalue weighted by molar-refractivity contribution is 7.89. The number of sulfonamides is 1. The molecule has 0 radical (unpaired) electrons. The zero-order valence-corrected chi connectivity index (χ0v) is 22.5. The van der Waals surface area contributed by atoms with E-state index < -0.39 is 45.9 Å². The van der Waals surface area contributed by atoms with Crippen LogP contribution in [0.25, 0.3) is 0 Å². The average Bonchev–Trinajstić information content (AvgIpc) is 2.88. The lowest BCUT2D eigenvalue weighted by molar-refractivity contribution is -0.118. The number of alkyl halides is 1. The SMILES string of the molecule is COc1cc(NC(=O)[C@H](CC2CCNCC2)NC(=O)c2ccc(F)cc2)ccc1S(=O)(=O)NC(C)(C)CF. The molecular weight excluding hydrogens is 518 g/mol. The number of nitrogens with one attached hydrogen (secondary N) is 4. The molecule has 2 aromatic rings. The molecule has 0 aliphatic carbocycles. The van der Waals surface area contributed by atoms with Crippen LogP contribution in [0.1, 0.15) is 43.5 Å². The minimum absolute atomic E-state index is 0.0461. The predicted octanol–water partition coefficient (Wildman–Crippen LogP) is 2.99. The summed E-state index contributed by atoms with van der Waals surface area (Å²) in [5.74, 6) is -1.33. The van der Waals surface area contributed by atoms with Crippen molar-refractivity contribution >= 4 is 27.5 Å². The summed E-state index contributed by atoms with van der Waals surface area (Å²) in [7, 11) is -2.84. The smallest absolute Gasteiger partial charge is 0.251 e. The second-order valence-corrected chi connectivity index (χ2v) is 11.6. The molecule has 12 heteroatoms. The van der Waals surface area contributed by atoms with E-state index in [0.29, 0.717) is 6.42 Å². The Morgan fingerprint density at radius 2 is 1.79 bits per heavy atom. The van der Waals surface area contributed by atoms with Crippen molar-refractivity contribution in [2.45, 2.75) is 49.6 Å². The largest absolute Gasteiger partial charge is 0.495 e. The summed E-state index contributed by atoms with van der Waals surface area (Å²) in [6.45, 7) is 3.53. The molecule has 1 atom stereocenters. The first-order chi connectivity index (χ1) is 17.9. The number of carbonyl (C=O) groups excluding carboxylic acids is 2. The van der Waals surface area contributed by atoms with Gasteiger partial charge in [-0.15, -0.1) is 0 Å². The number of ether oxygens (including phenoxy) is 1. The number of methoxy groups -OCH3 is 1. The number of halogens is 2. The summed E-state index contributed by atoms with van der Waals surface area (Å²) in [4.78, 5) is 25.9. The lowest BCUT2D eigenvalue weighted by atomic mass is 9.90. The van der Waals surface area contributed by atoms with Crippen molar-refractivity contribution in [3.05, 3.63) is 53.8 Å². The maximum atomic E-state index is 13.3. The fourth-order valence-corrected chi connectivity index (χ4v) is 5.71. The molecule has 1 heterocycles. The summed E-state index contributed by atoms with van der Waals surface area (Å²) < 4.78 is 59.6. The molecule has 0 unspecified atom stereocenters. The molecule has 2 aromatic carbocycles. The van der Waals surface area contributed by atoms with E-state index in [-0.39, 0.29) is 27.8 Å². The third kappa shape index (κ3) is 7.95. The standard InChI is InChI=1S/C26H34F2N4O5S/c1-26(2,16-27)32-38(35,36)23-9-8-20(15-22(23)37-3)30-25(34)21(14-17-10-12-29-13-11-17)31-24(33)18-4-6-19(28)7-5-18/h4-9,15,17,21,29,32H,10-14,16H2,1-3H3,(H,30,34)(H,31,33)/t21-/m0/s1. The lowest BCUT2D eigenvalue weighted by Crippen LogP contribution is -2.46. The zero-order chi connectivity index (χ0) is 27.9. The quantitative estimate of drug-likeness (QED) is 0.340. The van der Waals surface area contributed by atoms with Gasteiger partial charge in [-0.05, 0) is 88.5 Å². The van der Waals surface area contributed by atoms with E-state index in [1.54, 1.807) is 0 Å². The molecule has 208 valence electrons. The van der Waals surface area contributed by atoms with Gasteiger partial charge in [-0.1, -0.05) is 0 Å². The number of carbonyl (C=O) groups is 2. The highest BCUT2D eigenvalue weighted by Crippen LogP contribution is 2.29. The van der Waals surface area contributed by atoms with Crippen LogP contribution in [0.3, 0.4) is 0 Å². The first-order valence-electron chi connectivity index (χ1n) is 12.3. The van der Waals surface area contributed by atoms with Crippen molar-refractivity contribution in [2.75, 3.05) is 32.2 Å². The second kappa shape index (κ2) is 12.6. The highest BCUT2D eigenvalue weighted by Gasteiger charge is 2.30. The van der Waals surface area contributed by atoms with Gasteiger partial charge < -0.3 is 20.7 Å². The molecule has 1 aliphatic rings. The van der Waals surface area contributed by atoms with Crippen molar-refractivity contribution < 1.29 is 31.5 Å². The maximum absolute atomic E-state index is 13.3. The van der Waals surface area contributed by atoms with Crippen molar-refractivity contribution in [1.82, 2.24) is 15.4 Å². The Labute approximate surface area is 221 Å². The molecule has 0 aromatic heterocycles. The topological polar surface area (TPSA) is 126 Å². The molecule has 1 saturated heterocycles. The average molecular weight is 553 g/mol. The summed E-state index contributed by atoms with van der Waals surface area (Å²) >= 11 is 0. The maximum Gasteiger partial charge on any atom is 0.251 e. The van der Waals surface area contributed by atoms with Crippen molar-refractivity contribution in [3.8, 4) is 5.75 Å². The van der Waals surface area contributed by atoms with E-state index >= 15 is 0 Å². The van der Waals surface area contributed by atoms with Crippen molar-refractivity contribution in [2.24, 2.45) is 5.92 Å². The van der Waals surface area contributed by atoms with Gasteiger partial charge in [0, 0.05) is 17.3 Å². The van der Waals surface area contributed by atoms with Crippen LogP contribution >= 0.6 is 0 Å². The van der Waals surface area contributed by atoms with E-state index in [1.807, 2.05) is 0 Å². The van der Waals surface area contributed by atoms with Gasteiger partial charge >= 0.3 is 0 Å². The number of hydrogen-bond donors (Lipinski definition) is 4. The number of rotatable bonds is 11. The van der Waals surface area contributed by atoms with Crippen LogP contribution in [0.5, 0.6) is 5.75 Å². The minimum atomic E-state index is -4.12. The molecule has 1 fully saturated rings. The number of piperidine rings is 1. The Morgan fingerprint density at radius 1 is 1.13 bits per heavy atom. The van der Waals surface area contributed by atoms with Gasteiger partial charge in [0.15, 0.2) is 0 Å². The van der Waals surface area contributed by atoms with E-state index in [2.05, 4.69) is 20.7 Å². The minimum Gasteiger partial charge on any atom is -0.495 e. The fraction of sp³-hybridized carbons (Fsp3) is 0.462. The Balaban J connectivity index is 1.80. The van der Waals surface area contributed by atoms with E-state index in [1.165, 1.54) is 63.4 Å². The van der Waals surface area contributed by atoms with Gasteiger partial charge in [-0.25, -0.2) is 21.9 Å². The Hall–Kier alpha value is -3.09. The molecule has 1 aliphatic heterocycles. The number of benzene rings is 2. The molecular formula is C26H34F2N4O5S. The lowest BCUT2D eigenvalue weighted by Gasteiger charge is -2.27. The highest BCUT2D eigenvalue weighted by atomic mass is 32.2. The first-order valence-corrected chi connectivity index (χ1v) is 13.8. The summed E-state index contributed by atoms with van der Waals surface area (Å²) in [6, 6.07) is 8.11. The molecule has 3 rings (SSSR count). The van der Waals surface area contributed by atoms with Crippen LogP contribution in [0.4, 0.5) is 14.5 Å². The van der Waals surface area contributed by atoms with Gasteiger partial charge in [-0.3, -0.25) is 9.59 Å². The molecule has 9 nitrogen and oxygen atoms in total. The number of anilines is 1. The third-order valence-electron chi connectivity index (χ3n) is 6.22. The van der Waals surface area contributed by atoms with Crippen LogP contribution in [-0.4, -0.2) is 58.7 Å².